The van der Waals surface area contributed by atoms with Crippen LogP contribution in [0.4, 0.5) is 11.4 Å². The van der Waals surface area contributed by atoms with Gasteiger partial charge in [0.25, 0.3) is 11.6 Å². The molecule has 1 aromatic rings. The van der Waals surface area contributed by atoms with Crippen LogP contribution in [0.2, 0.25) is 0 Å². The summed E-state index contributed by atoms with van der Waals surface area (Å²) in [5.74, 6) is 1.36. The van der Waals surface area contributed by atoms with E-state index in [1.54, 1.807) is 12.1 Å². The van der Waals surface area contributed by atoms with Crippen LogP contribution in [0.1, 0.15) is 46.0 Å². The minimum atomic E-state index is -0.665. The third-order valence-corrected chi connectivity index (χ3v) is 7.26. The van der Waals surface area contributed by atoms with Crippen LogP contribution in [0.3, 0.4) is 0 Å². The van der Waals surface area contributed by atoms with E-state index < -0.39 is 16.1 Å². The standard InChI is InChI=1S/C20H25N3O4/c1-19(2)18(24)21(22(19)15-3-5-16(6-4-15)23(26)27)17-13-7-12-8-14(17)11-20(25,9-12)10-13/h3-6,12-14,17,25H,7-11H2,1-2H3/t12?,13?,14?,17-,20-. The van der Waals surface area contributed by atoms with E-state index in [0.717, 1.165) is 37.8 Å². The molecule has 4 aliphatic carbocycles. The molecule has 4 saturated carbocycles. The van der Waals surface area contributed by atoms with E-state index in [4.69, 9.17) is 0 Å². The zero-order chi connectivity index (χ0) is 19.1. The Morgan fingerprint density at radius 3 is 2.22 bits per heavy atom. The fraction of sp³-hybridized carbons (Fsp3) is 0.650. The van der Waals surface area contributed by atoms with E-state index in [1.807, 2.05) is 23.9 Å². The number of aliphatic hydroxyl groups is 1. The topological polar surface area (TPSA) is 86.9 Å². The van der Waals surface area contributed by atoms with Gasteiger partial charge in [0.2, 0.25) is 0 Å². The summed E-state index contributed by atoms with van der Waals surface area (Å²) in [5.41, 5.74) is -0.347. The lowest BCUT2D eigenvalue weighted by molar-refractivity contribution is -0.384. The number of anilines is 1. The van der Waals surface area contributed by atoms with Crippen LogP contribution in [0.15, 0.2) is 24.3 Å². The Labute approximate surface area is 158 Å². The fourth-order valence-corrected chi connectivity index (χ4v) is 6.47. The van der Waals surface area contributed by atoms with Gasteiger partial charge in [-0.25, -0.2) is 5.01 Å². The van der Waals surface area contributed by atoms with Gasteiger partial charge in [0.1, 0.15) is 5.54 Å². The number of benzene rings is 1. The molecule has 7 heteroatoms. The van der Waals surface area contributed by atoms with Crippen molar-refractivity contribution in [3.63, 3.8) is 0 Å². The molecule has 7 nitrogen and oxygen atoms in total. The number of hydrogen-bond acceptors (Lipinski definition) is 5. The van der Waals surface area contributed by atoms with Gasteiger partial charge < -0.3 is 5.11 Å². The van der Waals surface area contributed by atoms with Crippen LogP contribution < -0.4 is 5.01 Å². The van der Waals surface area contributed by atoms with E-state index in [0.29, 0.717) is 17.8 Å². The van der Waals surface area contributed by atoms with Gasteiger partial charge in [0.15, 0.2) is 0 Å². The Morgan fingerprint density at radius 2 is 1.70 bits per heavy atom. The first-order valence-corrected chi connectivity index (χ1v) is 9.80. The molecular weight excluding hydrogens is 346 g/mol. The summed E-state index contributed by atoms with van der Waals surface area (Å²) >= 11 is 0. The van der Waals surface area contributed by atoms with Gasteiger partial charge in [-0.3, -0.25) is 19.9 Å². The molecule has 2 atom stereocenters. The van der Waals surface area contributed by atoms with Crippen LogP contribution in [-0.2, 0) is 4.79 Å². The molecule has 1 heterocycles. The van der Waals surface area contributed by atoms with Crippen molar-refractivity contribution in [3.8, 4) is 0 Å². The van der Waals surface area contributed by atoms with Crippen molar-refractivity contribution in [2.75, 3.05) is 5.01 Å². The van der Waals surface area contributed by atoms with Gasteiger partial charge in [-0.15, -0.1) is 0 Å². The smallest absolute Gasteiger partial charge is 0.269 e. The van der Waals surface area contributed by atoms with Crippen molar-refractivity contribution in [1.29, 1.82) is 0 Å². The van der Waals surface area contributed by atoms with Gasteiger partial charge in [-0.1, -0.05) is 0 Å². The lowest BCUT2D eigenvalue weighted by Gasteiger charge is -2.67. The highest BCUT2D eigenvalue weighted by molar-refractivity contribution is 5.98. The molecule has 27 heavy (non-hydrogen) atoms. The predicted octanol–water partition coefficient (Wildman–Crippen LogP) is 2.88. The molecule has 1 aliphatic heterocycles. The fourth-order valence-electron chi connectivity index (χ4n) is 6.47. The number of non-ortho nitro benzene ring substituents is 1. The normalized spacial score (nSPS) is 38.9. The number of nitro groups is 1. The Kier molecular flexibility index (Phi) is 3.28. The molecule has 2 unspecified atom stereocenters. The maximum atomic E-state index is 13.1. The van der Waals surface area contributed by atoms with E-state index in [9.17, 15) is 20.0 Å². The number of amides is 1. The Bertz CT molecular complexity index is 805. The summed E-state index contributed by atoms with van der Waals surface area (Å²) in [5, 5.41) is 25.7. The summed E-state index contributed by atoms with van der Waals surface area (Å²) in [4.78, 5) is 23.6. The van der Waals surface area contributed by atoms with Gasteiger partial charge in [0.05, 0.1) is 22.3 Å². The highest BCUT2D eigenvalue weighted by Crippen LogP contribution is 2.58. The van der Waals surface area contributed by atoms with Crippen LogP contribution in [-0.4, -0.2) is 38.1 Å². The molecule has 144 valence electrons. The maximum absolute atomic E-state index is 13.1. The van der Waals surface area contributed by atoms with Crippen molar-refractivity contribution >= 4 is 17.3 Å². The number of nitro benzene ring substituents is 1. The second-order valence-electron chi connectivity index (χ2n) is 9.48. The van der Waals surface area contributed by atoms with Gasteiger partial charge in [-0.2, -0.15) is 0 Å². The molecule has 1 aromatic carbocycles. The van der Waals surface area contributed by atoms with E-state index >= 15 is 0 Å². The minimum Gasteiger partial charge on any atom is -0.390 e. The number of hydrogen-bond donors (Lipinski definition) is 1. The molecule has 1 N–H and O–H groups in total. The first kappa shape index (κ1) is 17.0. The number of rotatable bonds is 3. The molecule has 4 bridgehead atoms. The first-order valence-electron chi connectivity index (χ1n) is 9.80. The highest BCUT2D eigenvalue weighted by atomic mass is 16.6. The highest BCUT2D eigenvalue weighted by Gasteiger charge is 2.63. The molecule has 6 rings (SSSR count). The predicted molar refractivity (Wildman–Crippen MR) is 98.8 cm³/mol. The summed E-state index contributed by atoms with van der Waals surface area (Å²) < 4.78 is 0. The molecule has 1 amide bonds. The molecule has 5 aliphatic rings. The second-order valence-corrected chi connectivity index (χ2v) is 9.48. The van der Waals surface area contributed by atoms with E-state index in [-0.39, 0.29) is 17.6 Å². The van der Waals surface area contributed by atoms with Crippen molar-refractivity contribution in [2.24, 2.45) is 17.8 Å². The quantitative estimate of drug-likeness (QED) is 0.652. The van der Waals surface area contributed by atoms with Crippen LogP contribution >= 0.6 is 0 Å². The number of nitrogens with zero attached hydrogens (tertiary/aromatic N) is 3. The van der Waals surface area contributed by atoms with Crippen LogP contribution in [0.25, 0.3) is 0 Å². The summed E-state index contributed by atoms with van der Waals surface area (Å²) in [6.07, 6.45) is 4.65. The Hall–Kier alpha value is -2.15. The Balaban J connectivity index is 1.48. The molecule has 1 saturated heterocycles. The molecular formula is C20H25N3O4. The zero-order valence-electron chi connectivity index (χ0n) is 15.7. The van der Waals surface area contributed by atoms with Gasteiger partial charge >= 0.3 is 0 Å². The maximum Gasteiger partial charge on any atom is 0.269 e. The minimum absolute atomic E-state index is 0.0480. The van der Waals surface area contributed by atoms with Crippen molar-refractivity contribution in [2.45, 2.75) is 63.1 Å². The molecule has 5 fully saturated rings. The SMILES string of the molecule is CC1(C)C(=O)N([C@H]2C3CC4CC2C[C@](O)(C4)C3)N1c1ccc([N+](=O)[O-])cc1. The first-order chi connectivity index (χ1) is 12.7. The van der Waals surface area contributed by atoms with E-state index in [1.165, 1.54) is 12.1 Å². The van der Waals surface area contributed by atoms with Gasteiger partial charge in [-0.05, 0) is 75.8 Å². The second kappa shape index (κ2) is 5.22. The molecule has 0 spiro atoms. The monoisotopic (exact) mass is 371 g/mol. The average molecular weight is 371 g/mol. The summed E-state index contributed by atoms with van der Waals surface area (Å²) in [6.45, 7) is 3.80. The van der Waals surface area contributed by atoms with Crippen molar-refractivity contribution < 1.29 is 14.8 Å². The zero-order valence-corrected chi connectivity index (χ0v) is 15.7. The third-order valence-electron chi connectivity index (χ3n) is 7.26. The molecule has 0 radical (unpaired) electrons. The lowest BCUT2D eigenvalue weighted by Crippen LogP contribution is -2.80. The average Bonchev–Trinajstić information content (AvgIpc) is 2.58. The number of carbonyl (C=O) groups is 1. The van der Waals surface area contributed by atoms with Crippen molar-refractivity contribution in [3.05, 3.63) is 34.4 Å². The van der Waals surface area contributed by atoms with Crippen LogP contribution in [0.5, 0.6) is 0 Å². The van der Waals surface area contributed by atoms with Crippen molar-refractivity contribution in [1.82, 2.24) is 5.01 Å². The number of hydrazine groups is 1. The third kappa shape index (κ3) is 2.27. The summed E-state index contributed by atoms with van der Waals surface area (Å²) in [6, 6.07) is 6.56. The number of carbonyl (C=O) groups excluding carboxylic acids is 1. The van der Waals surface area contributed by atoms with Crippen LogP contribution in [0, 0.1) is 27.9 Å². The Morgan fingerprint density at radius 1 is 1.11 bits per heavy atom. The summed E-state index contributed by atoms with van der Waals surface area (Å²) in [7, 11) is 0. The lowest BCUT2D eigenvalue weighted by atomic mass is 9.52. The van der Waals surface area contributed by atoms with Gasteiger partial charge in [0, 0.05) is 12.1 Å². The molecule has 0 aromatic heterocycles. The largest absolute Gasteiger partial charge is 0.390 e. The van der Waals surface area contributed by atoms with E-state index in [2.05, 4.69) is 0 Å².